The van der Waals surface area contributed by atoms with Crippen molar-refractivity contribution >= 4 is 45.7 Å². The van der Waals surface area contributed by atoms with Crippen LogP contribution in [-0.2, 0) is 11.0 Å². The zero-order valence-corrected chi connectivity index (χ0v) is 22.7. The second-order valence-electron chi connectivity index (χ2n) is 8.25. The van der Waals surface area contributed by atoms with Gasteiger partial charge in [0.25, 0.3) is 5.56 Å². The Balaban J connectivity index is 1.85. The van der Waals surface area contributed by atoms with Gasteiger partial charge in [-0.25, -0.2) is 9.78 Å². The number of nitrogens with zero attached hydrogens (tertiary/aromatic N) is 3. The highest BCUT2D eigenvalue weighted by Crippen LogP contribution is 2.35. The third kappa shape index (κ3) is 6.21. The number of halogens is 4. The van der Waals surface area contributed by atoms with Crippen molar-refractivity contribution < 1.29 is 32.5 Å². The summed E-state index contributed by atoms with van der Waals surface area (Å²) in [5, 5.41) is 13.7. The summed E-state index contributed by atoms with van der Waals surface area (Å²) >= 11 is 1.96. The average Bonchev–Trinajstić information content (AvgIpc) is 2.89. The molecule has 1 heterocycles. The number of fused-ring (bicyclic) bond motifs is 1. The number of aliphatic carboxylic acids is 1. The highest BCUT2D eigenvalue weighted by Gasteiger charge is 2.31. The lowest BCUT2D eigenvalue weighted by molar-refractivity contribution is -0.144. The Morgan fingerprint density at radius 3 is 2.62 bits per heavy atom. The quantitative estimate of drug-likeness (QED) is 0.190. The van der Waals surface area contributed by atoms with Crippen molar-refractivity contribution in [1.29, 1.82) is 0 Å². The van der Waals surface area contributed by atoms with Crippen LogP contribution in [0.2, 0.25) is 0 Å². The van der Waals surface area contributed by atoms with Gasteiger partial charge in [-0.15, -0.1) is 0 Å². The van der Waals surface area contributed by atoms with Crippen molar-refractivity contribution in [2.24, 2.45) is 5.10 Å². The van der Waals surface area contributed by atoms with Crippen molar-refractivity contribution in [3.63, 3.8) is 0 Å². The third-order valence-electron chi connectivity index (χ3n) is 5.50. The molecule has 202 valence electrons. The van der Waals surface area contributed by atoms with Crippen LogP contribution in [-0.4, -0.2) is 39.7 Å². The number of carboxylic acid groups (broad SMARTS) is 1. The molecule has 8 nitrogen and oxygen atoms in total. The Morgan fingerprint density at radius 2 is 1.92 bits per heavy atom. The van der Waals surface area contributed by atoms with Crippen molar-refractivity contribution in [2.45, 2.75) is 26.1 Å². The topological polar surface area (TPSA) is 103 Å². The number of hydrogen-bond donors (Lipinski definition) is 1. The van der Waals surface area contributed by atoms with Crippen LogP contribution in [0.25, 0.3) is 22.3 Å². The molecule has 12 heteroatoms. The maximum atomic E-state index is 13.4. The van der Waals surface area contributed by atoms with E-state index in [9.17, 15) is 27.9 Å². The fourth-order valence-electron chi connectivity index (χ4n) is 3.64. The molecule has 0 bridgehead atoms. The van der Waals surface area contributed by atoms with Gasteiger partial charge in [-0.2, -0.15) is 22.9 Å². The summed E-state index contributed by atoms with van der Waals surface area (Å²) in [6, 6.07) is 14.2. The van der Waals surface area contributed by atoms with Crippen LogP contribution in [0.3, 0.4) is 0 Å². The predicted molar refractivity (Wildman–Crippen MR) is 147 cm³/mol. The largest absolute Gasteiger partial charge is 0.490 e. The summed E-state index contributed by atoms with van der Waals surface area (Å²) in [7, 11) is 0. The standard InChI is InChI=1S/C27H21F3IN3O5/c1-3-38-22-12-16(11-20(31)23(22)39-15(2)26(36)37)14-32-34-24(17-7-6-8-18(13-17)27(28,29)30)33-21-10-5-4-9-19(21)25(34)35/h4-15H,3H2,1-2H3,(H,36,37)/t15-/m0/s1. The van der Waals surface area contributed by atoms with Crippen LogP contribution in [0.5, 0.6) is 11.5 Å². The number of rotatable bonds is 8. The lowest BCUT2D eigenvalue weighted by atomic mass is 10.1. The molecular weight excluding hydrogens is 630 g/mol. The van der Waals surface area contributed by atoms with Gasteiger partial charge in [0.15, 0.2) is 23.4 Å². The summed E-state index contributed by atoms with van der Waals surface area (Å²) in [6.07, 6.45) is -4.38. The van der Waals surface area contributed by atoms with E-state index in [1.54, 1.807) is 43.3 Å². The number of benzene rings is 3. The lowest BCUT2D eigenvalue weighted by Gasteiger charge is -2.17. The molecule has 0 fully saturated rings. The fraction of sp³-hybridized carbons (Fsp3) is 0.185. The van der Waals surface area contributed by atoms with Gasteiger partial charge in [0.05, 0.1) is 32.9 Å². The summed E-state index contributed by atoms with van der Waals surface area (Å²) in [5.74, 6) is -0.722. The van der Waals surface area contributed by atoms with Gasteiger partial charge in [-0.3, -0.25) is 4.79 Å². The molecule has 1 atom stereocenters. The number of carbonyl (C=O) groups is 1. The number of ether oxygens (including phenoxy) is 2. The Kier molecular flexibility index (Phi) is 8.23. The summed E-state index contributed by atoms with van der Waals surface area (Å²) in [6.45, 7) is 3.40. The smallest absolute Gasteiger partial charge is 0.416 e. The minimum Gasteiger partial charge on any atom is -0.490 e. The molecule has 4 aromatic rings. The molecule has 0 radical (unpaired) electrons. The molecule has 0 spiro atoms. The zero-order valence-electron chi connectivity index (χ0n) is 20.6. The van der Waals surface area contributed by atoms with Crippen LogP contribution < -0.4 is 15.0 Å². The van der Waals surface area contributed by atoms with E-state index in [1.165, 1.54) is 25.3 Å². The van der Waals surface area contributed by atoms with Gasteiger partial charge >= 0.3 is 12.1 Å². The monoisotopic (exact) mass is 651 g/mol. The first kappa shape index (κ1) is 28.1. The maximum absolute atomic E-state index is 13.4. The van der Waals surface area contributed by atoms with Crippen molar-refractivity contribution in [3.05, 3.63) is 85.7 Å². The molecule has 0 aliphatic carbocycles. The first-order chi connectivity index (χ1) is 18.5. The normalized spacial score (nSPS) is 12.6. The maximum Gasteiger partial charge on any atom is 0.416 e. The average molecular weight is 651 g/mol. The fourth-order valence-corrected chi connectivity index (χ4v) is 4.40. The van der Waals surface area contributed by atoms with Gasteiger partial charge in [0.1, 0.15) is 0 Å². The summed E-state index contributed by atoms with van der Waals surface area (Å²) in [5.41, 5.74) is -0.628. The van der Waals surface area contributed by atoms with E-state index in [0.717, 1.165) is 16.8 Å². The molecule has 1 N–H and O–H groups in total. The predicted octanol–water partition coefficient (Wildman–Crippen LogP) is 5.82. The molecule has 4 rings (SSSR count). The molecule has 3 aromatic carbocycles. The molecule has 1 aromatic heterocycles. The van der Waals surface area contributed by atoms with Gasteiger partial charge in [-0.05, 0) is 78.4 Å². The Hall–Kier alpha value is -3.94. The highest BCUT2D eigenvalue weighted by molar-refractivity contribution is 14.1. The van der Waals surface area contributed by atoms with Crippen LogP contribution >= 0.6 is 22.6 Å². The molecular formula is C27H21F3IN3O5. The first-order valence-electron chi connectivity index (χ1n) is 11.6. The molecule has 0 unspecified atom stereocenters. The molecule has 0 aliphatic rings. The number of alkyl halides is 3. The van der Waals surface area contributed by atoms with E-state index in [2.05, 4.69) is 10.1 Å². The van der Waals surface area contributed by atoms with Crippen molar-refractivity contribution in [1.82, 2.24) is 9.66 Å². The lowest BCUT2D eigenvalue weighted by Crippen LogP contribution is -2.23. The second-order valence-corrected chi connectivity index (χ2v) is 9.42. The van der Waals surface area contributed by atoms with Gasteiger partial charge < -0.3 is 14.6 Å². The molecule has 0 amide bonds. The zero-order chi connectivity index (χ0) is 28.3. The van der Waals surface area contributed by atoms with Crippen LogP contribution in [0.15, 0.2) is 70.6 Å². The van der Waals surface area contributed by atoms with Crippen LogP contribution in [0.1, 0.15) is 25.0 Å². The second kappa shape index (κ2) is 11.4. The Bertz CT molecular complexity index is 1640. The van der Waals surface area contributed by atoms with Crippen LogP contribution in [0, 0.1) is 3.57 Å². The van der Waals surface area contributed by atoms with Gasteiger partial charge in [-0.1, -0.05) is 24.3 Å². The van der Waals surface area contributed by atoms with Crippen LogP contribution in [0.4, 0.5) is 13.2 Å². The highest BCUT2D eigenvalue weighted by atomic mass is 127. The van der Waals surface area contributed by atoms with Crippen molar-refractivity contribution in [3.8, 4) is 22.9 Å². The number of para-hydroxylation sites is 1. The van der Waals surface area contributed by atoms with E-state index in [4.69, 9.17) is 9.47 Å². The number of aromatic nitrogens is 2. The number of carboxylic acids is 1. The van der Waals surface area contributed by atoms with E-state index >= 15 is 0 Å². The van der Waals surface area contributed by atoms with E-state index < -0.39 is 29.4 Å². The minimum atomic E-state index is -4.59. The Labute approximate surface area is 233 Å². The SMILES string of the molecule is CCOc1cc(C=Nn2c(-c3cccc(C(F)(F)F)c3)nc3ccccc3c2=O)cc(I)c1O[C@@H](C)C(=O)O. The molecule has 39 heavy (non-hydrogen) atoms. The van der Waals surface area contributed by atoms with Gasteiger partial charge in [0, 0.05) is 5.56 Å². The van der Waals surface area contributed by atoms with E-state index in [1.807, 2.05) is 22.6 Å². The molecule has 0 saturated heterocycles. The van der Waals surface area contributed by atoms with Gasteiger partial charge in [0.2, 0.25) is 0 Å². The number of hydrogen-bond acceptors (Lipinski definition) is 6. The van der Waals surface area contributed by atoms with E-state index in [-0.39, 0.29) is 34.9 Å². The summed E-state index contributed by atoms with van der Waals surface area (Å²) < 4.78 is 52.9. The van der Waals surface area contributed by atoms with Crippen molar-refractivity contribution in [2.75, 3.05) is 6.61 Å². The summed E-state index contributed by atoms with van der Waals surface area (Å²) in [4.78, 5) is 29.1. The Morgan fingerprint density at radius 1 is 1.18 bits per heavy atom. The minimum absolute atomic E-state index is 0.0563. The third-order valence-corrected chi connectivity index (χ3v) is 6.30. The van der Waals surface area contributed by atoms with E-state index in [0.29, 0.717) is 14.7 Å². The molecule has 0 aliphatic heterocycles. The molecule has 0 saturated carbocycles. The first-order valence-corrected chi connectivity index (χ1v) is 12.7.